The number of benzene rings is 1. The summed E-state index contributed by atoms with van der Waals surface area (Å²) in [7, 11) is -3.20. The molecule has 1 amide bonds. The third kappa shape index (κ3) is 5.80. The highest BCUT2D eigenvalue weighted by Gasteiger charge is 2.60. The van der Waals surface area contributed by atoms with Gasteiger partial charge in [-0.3, -0.25) is 4.90 Å². The molecule has 4 aliphatic heterocycles. The first-order valence-electron chi connectivity index (χ1n) is 12.6. The summed E-state index contributed by atoms with van der Waals surface area (Å²) in [5.41, 5.74) is 2.11. The summed E-state index contributed by atoms with van der Waals surface area (Å²) in [6.45, 7) is 4.40. The lowest BCUT2D eigenvalue weighted by Crippen LogP contribution is -2.59. The van der Waals surface area contributed by atoms with Gasteiger partial charge in [-0.05, 0) is 29.9 Å². The predicted octanol–water partition coefficient (Wildman–Crippen LogP) is 3.15. The van der Waals surface area contributed by atoms with Crippen molar-refractivity contribution in [3.8, 4) is 0 Å². The van der Waals surface area contributed by atoms with Crippen molar-refractivity contribution in [1.82, 2.24) is 14.1 Å². The summed E-state index contributed by atoms with van der Waals surface area (Å²) in [6, 6.07) is 7.94. The van der Waals surface area contributed by atoms with Gasteiger partial charge < -0.3 is 14.5 Å². The number of likely N-dealkylation sites (tertiary alicyclic amines) is 2. The van der Waals surface area contributed by atoms with E-state index in [4.69, 9.17) is 0 Å². The second-order valence-electron chi connectivity index (χ2n) is 11.3. The lowest BCUT2D eigenvalue weighted by atomic mass is 9.81. The molecule has 1 aromatic carbocycles. The number of anilines is 1. The van der Waals surface area contributed by atoms with Crippen molar-refractivity contribution in [2.75, 3.05) is 63.5 Å². The highest BCUT2D eigenvalue weighted by atomic mass is 32.2. The quantitative estimate of drug-likeness (QED) is 0.496. The van der Waals surface area contributed by atoms with Crippen molar-refractivity contribution in [2.24, 2.45) is 17.3 Å². The fourth-order valence-corrected chi connectivity index (χ4v) is 7.41. The van der Waals surface area contributed by atoms with Crippen molar-refractivity contribution in [1.29, 1.82) is 0 Å². The molecular weight excluding hydrogens is 554 g/mol. The molecule has 0 saturated carbocycles. The fraction of sp³-hybridized carbons (Fsp3) is 0.708. The highest BCUT2D eigenvalue weighted by molar-refractivity contribution is 7.88. The van der Waals surface area contributed by atoms with Crippen LogP contribution in [-0.2, 0) is 21.3 Å². The summed E-state index contributed by atoms with van der Waals surface area (Å²) in [4.78, 5) is 17.6. The van der Waals surface area contributed by atoms with E-state index in [-0.39, 0.29) is 30.3 Å². The monoisotopic (exact) mass is 584 g/mol. The average molecular weight is 585 g/mol. The Morgan fingerprint density at radius 2 is 1.59 bits per heavy atom. The number of amides is 1. The van der Waals surface area contributed by atoms with Crippen LogP contribution in [0.5, 0.6) is 0 Å². The number of hydrogen-bond acceptors (Lipinski definition) is 6. The molecule has 1 spiro atoms. The molecule has 0 N–H and O–H groups in total. The van der Waals surface area contributed by atoms with E-state index in [1.807, 2.05) is 24.3 Å². The minimum atomic E-state index is -5.74. The number of hydrogen-bond donors (Lipinski definition) is 0. The van der Waals surface area contributed by atoms with Crippen LogP contribution in [0, 0.1) is 17.3 Å². The van der Waals surface area contributed by atoms with Gasteiger partial charge in [0.2, 0.25) is 10.0 Å². The Morgan fingerprint density at radius 3 is 2.15 bits per heavy atom. The van der Waals surface area contributed by atoms with Crippen LogP contribution in [0.4, 0.5) is 36.8 Å². The van der Waals surface area contributed by atoms with Gasteiger partial charge in [0.15, 0.2) is 0 Å². The first-order valence-corrected chi connectivity index (χ1v) is 14.5. The SMILES string of the molecule is CS(=O)(=O)N1CC2(CCN(c3ccccc3CN3CC4CN(C(=O)OC(C(F)(F)F)C(F)(F)F)CC4C3)C2)C1. The normalized spacial score (nSPS) is 25.9. The van der Waals surface area contributed by atoms with Crippen LogP contribution < -0.4 is 4.90 Å². The van der Waals surface area contributed by atoms with Crippen LogP contribution in [0.15, 0.2) is 24.3 Å². The highest BCUT2D eigenvalue weighted by Crippen LogP contribution is 2.43. The minimum Gasteiger partial charge on any atom is -0.426 e. The van der Waals surface area contributed by atoms with Gasteiger partial charge in [0, 0.05) is 70.0 Å². The largest absolute Gasteiger partial charge is 0.434 e. The fourth-order valence-electron chi connectivity index (χ4n) is 6.39. The Hall–Kier alpha value is -2.26. The van der Waals surface area contributed by atoms with Gasteiger partial charge in [-0.1, -0.05) is 18.2 Å². The second-order valence-corrected chi connectivity index (χ2v) is 13.3. The number of nitrogens with zero attached hydrogens (tertiary/aromatic N) is 4. The Kier molecular flexibility index (Phi) is 7.02. The van der Waals surface area contributed by atoms with E-state index in [0.717, 1.165) is 35.7 Å². The number of rotatable bonds is 5. The van der Waals surface area contributed by atoms with Crippen molar-refractivity contribution in [2.45, 2.75) is 31.4 Å². The molecule has 2 atom stereocenters. The maximum absolute atomic E-state index is 12.8. The molecule has 218 valence electrons. The van der Waals surface area contributed by atoms with Gasteiger partial charge in [0.05, 0.1) is 6.26 Å². The standard InChI is InChI=1S/C24H30F6N4O4S/c1-39(36,37)34-14-22(15-34)6-7-32(13-22)19-5-3-2-4-16(19)8-31-9-17-11-33(12-18(17)10-31)21(35)38-20(23(25,26)27)24(28,29)30/h2-5,17-18,20H,6-15H2,1H3. The van der Waals surface area contributed by atoms with Crippen LogP contribution in [0.3, 0.4) is 0 Å². The van der Waals surface area contributed by atoms with E-state index < -0.39 is 34.6 Å². The topological polar surface area (TPSA) is 73.4 Å². The van der Waals surface area contributed by atoms with Gasteiger partial charge in [-0.2, -0.15) is 26.3 Å². The number of para-hydroxylation sites is 1. The van der Waals surface area contributed by atoms with Crippen molar-refractivity contribution in [3.05, 3.63) is 29.8 Å². The molecule has 4 heterocycles. The molecule has 4 saturated heterocycles. The van der Waals surface area contributed by atoms with Crippen molar-refractivity contribution >= 4 is 21.8 Å². The maximum Gasteiger partial charge on any atom is 0.434 e. The van der Waals surface area contributed by atoms with Crippen molar-refractivity contribution in [3.63, 3.8) is 0 Å². The maximum atomic E-state index is 12.8. The number of alkyl halides is 6. The lowest BCUT2D eigenvalue weighted by molar-refractivity contribution is -0.308. The summed E-state index contributed by atoms with van der Waals surface area (Å²) >= 11 is 0. The zero-order chi connectivity index (χ0) is 28.4. The number of carbonyl (C=O) groups excluding carboxylic acids is 1. The number of fused-ring (bicyclic) bond motifs is 1. The molecule has 0 bridgehead atoms. The second kappa shape index (κ2) is 9.68. The Bertz CT molecular complexity index is 1180. The van der Waals surface area contributed by atoms with Gasteiger partial charge in [-0.15, -0.1) is 0 Å². The van der Waals surface area contributed by atoms with E-state index in [2.05, 4.69) is 14.5 Å². The van der Waals surface area contributed by atoms with Crippen LogP contribution in [0.25, 0.3) is 0 Å². The summed E-state index contributed by atoms with van der Waals surface area (Å²) < 4.78 is 106. The molecule has 0 radical (unpaired) electrons. The average Bonchev–Trinajstić information content (AvgIpc) is 3.48. The predicted molar refractivity (Wildman–Crippen MR) is 128 cm³/mol. The Balaban J connectivity index is 1.16. The third-order valence-electron chi connectivity index (χ3n) is 8.29. The van der Waals surface area contributed by atoms with Crippen molar-refractivity contribution < 1.29 is 44.3 Å². The molecule has 0 aromatic heterocycles. The summed E-state index contributed by atoms with van der Waals surface area (Å²) in [5, 5.41) is 0. The van der Waals surface area contributed by atoms with Gasteiger partial charge >= 0.3 is 18.4 Å². The molecule has 5 rings (SSSR count). The Labute approximate surface area is 222 Å². The number of ether oxygens (including phenoxy) is 1. The molecule has 4 aliphatic rings. The number of carbonyl (C=O) groups is 1. The zero-order valence-electron chi connectivity index (χ0n) is 21.2. The molecule has 2 unspecified atom stereocenters. The van der Waals surface area contributed by atoms with Crippen LogP contribution >= 0.6 is 0 Å². The molecule has 15 heteroatoms. The smallest absolute Gasteiger partial charge is 0.426 e. The molecule has 8 nitrogen and oxygen atoms in total. The van der Waals surface area contributed by atoms with E-state index in [1.54, 1.807) is 0 Å². The molecule has 4 fully saturated rings. The first kappa shape index (κ1) is 28.3. The number of sulfonamides is 1. The van der Waals surface area contributed by atoms with Crippen LogP contribution in [0.2, 0.25) is 0 Å². The number of halogens is 6. The Morgan fingerprint density at radius 1 is 1.00 bits per heavy atom. The minimum absolute atomic E-state index is 0.0373. The molecular formula is C24H30F6N4O4S. The van der Waals surface area contributed by atoms with E-state index in [0.29, 0.717) is 32.7 Å². The molecule has 1 aromatic rings. The van der Waals surface area contributed by atoms with Gasteiger partial charge in [0.25, 0.3) is 6.10 Å². The van der Waals surface area contributed by atoms with E-state index in [1.165, 1.54) is 10.6 Å². The van der Waals surface area contributed by atoms with E-state index >= 15 is 0 Å². The zero-order valence-corrected chi connectivity index (χ0v) is 22.0. The van der Waals surface area contributed by atoms with Crippen LogP contribution in [0.1, 0.15) is 12.0 Å². The van der Waals surface area contributed by atoms with Crippen LogP contribution in [-0.4, -0.2) is 106 Å². The first-order chi connectivity index (χ1) is 18.0. The summed E-state index contributed by atoms with van der Waals surface area (Å²) in [5.74, 6) is -0.154. The van der Waals surface area contributed by atoms with Gasteiger partial charge in [0.1, 0.15) is 0 Å². The molecule has 0 aliphatic carbocycles. The third-order valence-corrected chi connectivity index (χ3v) is 9.49. The summed E-state index contributed by atoms with van der Waals surface area (Å²) in [6.07, 6.45) is -15.1. The van der Waals surface area contributed by atoms with Gasteiger partial charge in [-0.25, -0.2) is 17.5 Å². The van der Waals surface area contributed by atoms with E-state index in [9.17, 15) is 39.6 Å². The molecule has 39 heavy (non-hydrogen) atoms. The lowest BCUT2D eigenvalue weighted by Gasteiger charge is -2.46.